The van der Waals surface area contributed by atoms with Crippen LogP contribution >= 0.6 is 27.7 Å². The topological polar surface area (TPSA) is 102 Å². The molecule has 11 heteroatoms. The van der Waals surface area contributed by atoms with Gasteiger partial charge in [0.05, 0.1) is 18.7 Å². The number of nitrogens with zero attached hydrogens (tertiary/aromatic N) is 4. The molecule has 0 N–H and O–H groups in total. The second-order valence-corrected chi connectivity index (χ2v) is 8.84. The Morgan fingerprint density at radius 1 is 1.24 bits per heavy atom. The van der Waals surface area contributed by atoms with Gasteiger partial charge in [0.25, 0.3) is 0 Å². The van der Waals surface area contributed by atoms with Gasteiger partial charge >= 0.3 is 0 Å². The van der Waals surface area contributed by atoms with Crippen molar-refractivity contribution in [3.8, 4) is 22.9 Å². The normalized spacial score (nSPS) is 11.6. The van der Waals surface area contributed by atoms with Gasteiger partial charge in [-0.1, -0.05) is 24.4 Å². The van der Waals surface area contributed by atoms with Crippen LogP contribution in [0.4, 0.5) is 0 Å². The van der Waals surface area contributed by atoms with Crippen LogP contribution < -0.4 is 14.2 Å². The number of hydrogen-bond acceptors (Lipinski definition) is 8. The third-order valence-electron chi connectivity index (χ3n) is 4.66. The largest absolute Gasteiger partial charge is 0.497 e. The zero-order chi connectivity index (χ0) is 24.0. The molecule has 0 amide bonds. The van der Waals surface area contributed by atoms with Crippen LogP contribution in [-0.4, -0.2) is 47.1 Å². The van der Waals surface area contributed by atoms with Crippen molar-refractivity contribution < 1.29 is 19.1 Å². The van der Waals surface area contributed by atoms with Gasteiger partial charge in [-0.15, -0.1) is 10.2 Å². The van der Waals surface area contributed by atoms with Crippen molar-refractivity contribution in [3.05, 3.63) is 75.0 Å². The van der Waals surface area contributed by atoms with Gasteiger partial charge in [0.15, 0.2) is 16.7 Å². The fourth-order valence-corrected chi connectivity index (χ4v) is 4.86. The third kappa shape index (κ3) is 5.85. The highest BCUT2D eigenvalue weighted by molar-refractivity contribution is 9.10. The number of aromatic nitrogens is 3. The molecular weight excluding hydrogens is 512 g/mol. The predicted octanol–water partition coefficient (Wildman–Crippen LogP) is 5.03. The Morgan fingerprint density at radius 2 is 1.97 bits per heavy atom. The molecule has 0 spiro atoms. The first-order chi connectivity index (χ1) is 15.9. The van der Waals surface area contributed by atoms with Crippen molar-refractivity contribution in [2.75, 3.05) is 27.4 Å². The fourth-order valence-electron chi connectivity index (χ4n) is 3.13. The number of hydrogen-bond donors (Lipinski definition) is 0. The van der Waals surface area contributed by atoms with Gasteiger partial charge in [-0.2, -0.15) is 0 Å². The molecule has 3 rings (SSSR count). The maximum absolute atomic E-state index is 11.5. The SMILES string of the molecule is C=CCOc1c(Br)cc([C@H](C[N+](=O)[O-])Sc2nnc(C)n2-c2ccc(OC)cc2)cc1OC. The lowest BCUT2D eigenvalue weighted by Gasteiger charge is -2.18. The second-order valence-electron chi connectivity index (χ2n) is 6.82. The van der Waals surface area contributed by atoms with E-state index in [1.807, 2.05) is 35.8 Å². The maximum atomic E-state index is 11.5. The second kappa shape index (κ2) is 11.2. The molecule has 33 heavy (non-hydrogen) atoms. The molecule has 174 valence electrons. The standard InChI is InChI=1S/C22H23BrN4O5S/c1-5-10-32-21-18(23)11-15(12-19(21)31-4)20(13-26(28)29)33-22-25-24-14(2)27(22)16-6-8-17(30-3)9-7-16/h5-9,11-12,20H,1,10,13H2,2-4H3/t20-/m0/s1. The number of benzene rings is 2. The van der Waals surface area contributed by atoms with E-state index in [9.17, 15) is 10.1 Å². The summed E-state index contributed by atoms with van der Waals surface area (Å²) in [5, 5.41) is 19.9. The summed E-state index contributed by atoms with van der Waals surface area (Å²) in [5.41, 5.74) is 1.51. The summed E-state index contributed by atoms with van der Waals surface area (Å²) in [5.74, 6) is 2.35. The highest BCUT2D eigenvalue weighted by Gasteiger charge is 2.26. The highest BCUT2D eigenvalue weighted by atomic mass is 79.9. The molecule has 3 aromatic rings. The van der Waals surface area contributed by atoms with Crippen LogP contribution in [0.2, 0.25) is 0 Å². The highest BCUT2D eigenvalue weighted by Crippen LogP contribution is 2.43. The summed E-state index contributed by atoms with van der Waals surface area (Å²) in [4.78, 5) is 11.2. The summed E-state index contributed by atoms with van der Waals surface area (Å²) in [6.45, 7) is 5.46. The van der Waals surface area contributed by atoms with E-state index in [-0.39, 0.29) is 11.5 Å². The van der Waals surface area contributed by atoms with E-state index in [0.29, 0.717) is 39.1 Å². The van der Waals surface area contributed by atoms with Crippen LogP contribution in [-0.2, 0) is 0 Å². The first-order valence-corrected chi connectivity index (χ1v) is 11.5. The molecule has 1 heterocycles. The lowest BCUT2D eigenvalue weighted by molar-refractivity contribution is -0.479. The Hall–Kier alpha value is -3.05. The van der Waals surface area contributed by atoms with Gasteiger partial charge in [0.2, 0.25) is 6.54 Å². The number of thioether (sulfide) groups is 1. The number of nitro groups is 1. The van der Waals surface area contributed by atoms with Crippen LogP contribution in [0.15, 0.2) is 58.7 Å². The zero-order valence-electron chi connectivity index (χ0n) is 18.4. The minimum atomic E-state index is -0.556. The molecule has 1 atom stereocenters. The Kier molecular flexibility index (Phi) is 8.34. The molecule has 0 radical (unpaired) electrons. The molecule has 0 saturated heterocycles. The number of halogens is 1. The van der Waals surface area contributed by atoms with Crippen molar-refractivity contribution in [2.45, 2.75) is 17.3 Å². The maximum Gasteiger partial charge on any atom is 0.220 e. The monoisotopic (exact) mass is 534 g/mol. The van der Waals surface area contributed by atoms with Gasteiger partial charge in [0.1, 0.15) is 23.4 Å². The molecular formula is C22H23BrN4O5S. The Bertz CT molecular complexity index is 1140. The lowest BCUT2D eigenvalue weighted by Crippen LogP contribution is -2.12. The fraction of sp³-hybridized carbons (Fsp3) is 0.273. The lowest BCUT2D eigenvalue weighted by atomic mass is 10.1. The molecule has 0 fully saturated rings. The average Bonchev–Trinajstić information content (AvgIpc) is 3.16. The van der Waals surface area contributed by atoms with Crippen LogP contribution in [0.5, 0.6) is 17.2 Å². The summed E-state index contributed by atoms with van der Waals surface area (Å²) >= 11 is 4.75. The number of methoxy groups -OCH3 is 2. The van der Waals surface area contributed by atoms with E-state index in [1.165, 1.54) is 18.9 Å². The molecule has 1 aromatic heterocycles. The molecule has 0 aliphatic heterocycles. The Balaban J connectivity index is 2.00. The van der Waals surface area contributed by atoms with Crippen molar-refractivity contribution in [1.29, 1.82) is 0 Å². The van der Waals surface area contributed by atoms with Gasteiger partial charge in [-0.3, -0.25) is 14.7 Å². The van der Waals surface area contributed by atoms with E-state index in [1.54, 1.807) is 25.3 Å². The predicted molar refractivity (Wildman–Crippen MR) is 129 cm³/mol. The zero-order valence-corrected chi connectivity index (χ0v) is 20.8. The van der Waals surface area contributed by atoms with Crippen molar-refractivity contribution >= 4 is 27.7 Å². The van der Waals surface area contributed by atoms with E-state index in [4.69, 9.17) is 14.2 Å². The van der Waals surface area contributed by atoms with E-state index < -0.39 is 5.25 Å². The van der Waals surface area contributed by atoms with Crippen molar-refractivity contribution in [3.63, 3.8) is 0 Å². The number of ether oxygens (including phenoxy) is 3. The minimum Gasteiger partial charge on any atom is -0.497 e. The number of rotatable bonds is 11. The molecule has 0 bridgehead atoms. The minimum absolute atomic E-state index is 0.297. The van der Waals surface area contributed by atoms with Gasteiger partial charge in [-0.05, 0) is 64.8 Å². The summed E-state index contributed by atoms with van der Waals surface area (Å²) in [6.07, 6.45) is 1.62. The van der Waals surface area contributed by atoms with Gasteiger partial charge < -0.3 is 14.2 Å². The van der Waals surface area contributed by atoms with E-state index in [0.717, 1.165) is 11.4 Å². The van der Waals surface area contributed by atoms with Crippen LogP contribution in [0.25, 0.3) is 5.69 Å². The molecule has 2 aromatic carbocycles. The van der Waals surface area contributed by atoms with Gasteiger partial charge in [-0.25, -0.2) is 0 Å². The van der Waals surface area contributed by atoms with Crippen molar-refractivity contribution in [2.24, 2.45) is 0 Å². The van der Waals surface area contributed by atoms with Crippen LogP contribution in [0.1, 0.15) is 16.6 Å². The molecule has 0 aliphatic carbocycles. The molecule has 0 saturated carbocycles. The Morgan fingerprint density at radius 3 is 2.58 bits per heavy atom. The summed E-state index contributed by atoms with van der Waals surface area (Å²) in [6, 6.07) is 11.0. The smallest absolute Gasteiger partial charge is 0.220 e. The van der Waals surface area contributed by atoms with E-state index in [2.05, 4.69) is 32.7 Å². The van der Waals surface area contributed by atoms with Crippen molar-refractivity contribution in [1.82, 2.24) is 14.8 Å². The molecule has 9 nitrogen and oxygen atoms in total. The molecule has 0 unspecified atom stereocenters. The van der Waals surface area contributed by atoms with Crippen LogP contribution in [0, 0.1) is 17.0 Å². The third-order valence-corrected chi connectivity index (χ3v) is 6.43. The van der Waals surface area contributed by atoms with Crippen LogP contribution in [0.3, 0.4) is 0 Å². The summed E-state index contributed by atoms with van der Waals surface area (Å²) < 4.78 is 18.9. The Labute approximate surface area is 204 Å². The summed E-state index contributed by atoms with van der Waals surface area (Å²) in [7, 11) is 3.12. The molecule has 0 aliphatic rings. The first-order valence-electron chi connectivity index (χ1n) is 9.84. The average molecular weight is 535 g/mol. The first kappa shape index (κ1) is 24.6. The van der Waals surface area contributed by atoms with E-state index >= 15 is 0 Å². The number of aryl methyl sites for hydroxylation is 1. The van der Waals surface area contributed by atoms with Gasteiger partial charge in [0, 0.05) is 10.6 Å². The quantitative estimate of drug-likeness (QED) is 0.146.